The van der Waals surface area contributed by atoms with Gasteiger partial charge in [-0.25, -0.2) is 4.98 Å². The van der Waals surface area contributed by atoms with Crippen LogP contribution in [0.1, 0.15) is 29.5 Å². The topological polar surface area (TPSA) is 90.3 Å². The first kappa shape index (κ1) is 24.2. The number of benzene rings is 3. The van der Waals surface area contributed by atoms with Gasteiger partial charge in [-0.15, -0.1) is 0 Å². The molecule has 0 saturated heterocycles. The summed E-state index contributed by atoms with van der Waals surface area (Å²) in [7, 11) is 1.62. The van der Waals surface area contributed by atoms with Crippen LogP contribution in [-0.4, -0.2) is 21.4 Å². The number of anilines is 1. The quantitative estimate of drug-likeness (QED) is 0.378. The van der Waals surface area contributed by atoms with Gasteiger partial charge >= 0.3 is 5.97 Å². The third-order valence-electron chi connectivity index (χ3n) is 5.66. The maximum atomic E-state index is 13.1. The van der Waals surface area contributed by atoms with Crippen molar-refractivity contribution in [2.75, 3.05) is 5.32 Å². The molecule has 1 amide bonds. The van der Waals surface area contributed by atoms with Gasteiger partial charge < -0.3 is 10.1 Å². The van der Waals surface area contributed by atoms with E-state index in [0.717, 1.165) is 5.56 Å². The molecule has 4 rings (SSSR count). The van der Waals surface area contributed by atoms with Crippen molar-refractivity contribution < 1.29 is 14.3 Å². The van der Waals surface area contributed by atoms with Gasteiger partial charge in [-0.2, -0.15) is 0 Å². The van der Waals surface area contributed by atoms with Crippen molar-refractivity contribution in [2.45, 2.75) is 25.9 Å². The summed E-state index contributed by atoms with van der Waals surface area (Å²) >= 11 is 6.17. The number of ether oxygens (including phenoxy) is 1. The molecule has 7 nitrogen and oxygen atoms in total. The zero-order valence-corrected chi connectivity index (χ0v) is 20.1. The van der Waals surface area contributed by atoms with E-state index < -0.39 is 18.0 Å². The molecule has 1 atom stereocenters. The van der Waals surface area contributed by atoms with E-state index in [4.69, 9.17) is 16.3 Å². The Morgan fingerprint density at radius 2 is 1.77 bits per heavy atom. The number of hydrogen-bond donors (Lipinski definition) is 1. The number of carbonyl (C=O) groups is 2. The largest absolute Gasteiger partial charge is 0.447 e. The van der Waals surface area contributed by atoms with Gasteiger partial charge in [0, 0.05) is 29.7 Å². The summed E-state index contributed by atoms with van der Waals surface area (Å²) in [5, 5.41) is 3.80. The number of carbonyl (C=O) groups excluding carboxylic acids is 2. The van der Waals surface area contributed by atoms with Crippen molar-refractivity contribution in [1.82, 2.24) is 9.55 Å². The summed E-state index contributed by atoms with van der Waals surface area (Å²) in [6.07, 6.45) is -1.02. The average molecular weight is 490 g/mol. The molecule has 35 heavy (non-hydrogen) atoms. The molecule has 1 heterocycles. The Morgan fingerprint density at radius 3 is 2.51 bits per heavy atom. The average Bonchev–Trinajstić information content (AvgIpc) is 2.86. The second kappa shape index (κ2) is 10.5. The SMILES string of the molecule is Cc1ccc(NC(=O)C(OC(=O)CCc2nc3ccccc3c(=O)n2C)c2ccccc2)cc1Cl. The number of hydrogen-bond acceptors (Lipinski definition) is 5. The second-order valence-corrected chi connectivity index (χ2v) is 8.55. The lowest BCUT2D eigenvalue weighted by atomic mass is 10.1. The molecule has 178 valence electrons. The van der Waals surface area contributed by atoms with Crippen molar-refractivity contribution in [3.05, 3.63) is 105 Å². The number of amides is 1. The third-order valence-corrected chi connectivity index (χ3v) is 6.06. The van der Waals surface area contributed by atoms with Gasteiger partial charge in [0.15, 0.2) is 0 Å². The highest BCUT2D eigenvalue weighted by atomic mass is 35.5. The minimum absolute atomic E-state index is 0.0500. The van der Waals surface area contributed by atoms with Crippen LogP contribution in [0.4, 0.5) is 5.69 Å². The van der Waals surface area contributed by atoms with Crippen molar-refractivity contribution >= 4 is 40.1 Å². The first-order valence-corrected chi connectivity index (χ1v) is 11.5. The third kappa shape index (κ3) is 5.58. The van der Waals surface area contributed by atoms with Gasteiger partial charge in [-0.05, 0) is 36.8 Å². The zero-order chi connectivity index (χ0) is 24.9. The lowest BCUT2D eigenvalue weighted by Gasteiger charge is -2.18. The van der Waals surface area contributed by atoms with Crippen molar-refractivity contribution in [2.24, 2.45) is 7.05 Å². The zero-order valence-electron chi connectivity index (χ0n) is 19.3. The van der Waals surface area contributed by atoms with Gasteiger partial charge in [0.25, 0.3) is 11.5 Å². The van der Waals surface area contributed by atoms with Crippen LogP contribution in [0, 0.1) is 6.92 Å². The number of para-hydroxylation sites is 1. The lowest BCUT2D eigenvalue weighted by molar-refractivity contribution is -0.154. The molecule has 0 spiro atoms. The van der Waals surface area contributed by atoms with E-state index in [-0.39, 0.29) is 18.4 Å². The van der Waals surface area contributed by atoms with Crippen LogP contribution in [0.15, 0.2) is 77.6 Å². The summed E-state index contributed by atoms with van der Waals surface area (Å²) in [5.41, 5.74) is 2.30. The Hall–Kier alpha value is -3.97. The summed E-state index contributed by atoms with van der Waals surface area (Å²) in [6, 6.07) is 21.0. The second-order valence-electron chi connectivity index (χ2n) is 8.14. The molecule has 0 aliphatic rings. The number of aromatic nitrogens is 2. The van der Waals surface area contributed by atoms with E-state index in [1.807, 2.05) is 13.0 Å². The normalized spacial score (nSPS) is 11.7. The molecule has 0 aliphatic carbocycles. The molecular weight excluding hydrogens is 466 g/mol. The molecule has 8 heteroatoms. The van der Waals surface area contributed by atoms with Crippen LogP contribution in [0.25, 0.3) is 10.9 Å². The number of nitrogens with one attached hydrogen (secondary N) is 1. The van der Waals surface area contributed by atoms with Crippen molar-refractivity contribution in [3.8, 4) is 0 Å². The van der Waals surface area contributed by atoms with Gasteiger partial charge in [0.1, 0.15) is 5.82 Å². The van der Waals surface area contributed by atoms with Crippen LogP contribution < -0.4 is 10.9 Å². The van der Waals surface area contributed by atoms with E-state index in [1.165, 1.54) is 4.57 Å². The van der Waals surface area contributed by atoms with Crippen LogP contribution in [-0.2, 0) is 27.8 Å². The van der Waals surface area contributed by atoms with Crippen molar-refractivity contribution in [1.29, 1.82) is 0 Å². The molecule has 0 radical (unpaired) electrons. The number of rotatable bonds is 7. The van der Waals surface area contributed by atoms with E-state index in [0.29, 0.717) is 33.0 Å². The summed E-state index contributed by atoms with van der Waals surface area (Å²) in [6.45, 7) is 1.86. The maximum Gasteiger partial charge on any atom is 0.307 e. The minimum atomic E-state index is -1.16. The Labute approximate surface area is 207 Å². The van der Waals surface area contributed by atoms with Gasteiger partial charge in [0.05, 0.1) is 17.3 Å². The molecule has 0 saturated carbocycles. The molecule has 1 unspecified atom stereocenters. The number of fused-ring (bicyclic) bond motifs is 1. The first-order chi connectivity index (χ1) is 16.8. The fourth-order valence-electron chi connectivity index (χ4n) is 3.67. The summed E-state index contributed by atoms with van der Waals surface area (Å²) in [4.78, 5) is 43.0. The first-order valence-electron chi connectivity index (χ1n) is 11.1. The highest BCUT2D eigenvalue weighted by molar-refractivity contribution is 6.31. The van der Waals surface area contributed by atoms with E-state index in [9.17, 15) is 14.4 Å². The predicted octanol–water partition coefficient (Wildman–Crippen LogP) is 4.75. The maximum absolute atomic E-state index is 13.1. The van der Waals surface area contributed by atoms with Crippen LogP contribution >= 0.6 is 11.6 Å². The van der Waals surface area contributed by atoms with Crippen molar-refractivity contribution in [3.63, 3.8) is 0 Å². The highest BCUT2D eigenvalue weighted by Crippen LogP contribution is 2.24. The van der Waals surface area contributed by atoms with Crippen LogP contribution in [0.2, 0.25) is 5.02 Å². The van der Waals surface area contributed by atoms with Gasteiger partial charge in [-0.3, -0.25) is 19.0 Å². The van der Waals surface area contributed by atoms with Gasteiger partial charge in [0.2, 0.25) is 6.10 Å². The van der Waals surface area contributed by atoms with E-state index in [1.54, 1.807) is 73.8 Å². The Bertz CT molecular complexity index is 1450. The monoisotopic (exact) mass is 489 g/mol. The van der Waals surface area contributed by atoms with E-state index >= 15 is 0 Å². The Kier molecular flexibility index (Phi) is 7.27. The fraction of sp³-hybridized carbons (Fsp3) is 0.185. The number of nitrogens with zero attached hydrogens (tertiary/aromatic N) is 2. The standard InChI is InChI=1S/C27H24ClN3O4/c1-17-12-13-19(16-21(17)28)29-26(33)25(18-8-4-3-5-9-18)35-24(32)15-14-23-30-22-11-7-6-10-20(22)27(34)31(23)2/h3-13,16,25H,14-15H2,1-2H3,(H,29,33). The van der Waals surface area contributed by atoms with E-state index in [2.05, 4.69) is 10.3 Å². The fourth-order valence-corrected chi connectivity index (χ4v) is 3.85. The molecular formula is C27H24ClN3O4. The van der Waals surface area contributed by atoms with Crippen LogP contribution in [0.5, 0.6) is 0 Å². The molecule has 1 aromatic heterocycles. The molecule has 0 aliphatic heterocycles. The van der Waals surface area contributed by atoms with Gasteiger partial charge in [-0.1, -0.05) is 60.1 Å². The molecule has 1 N–H and O–H groups in total. The predicted molar refractivity (Wildman–Crippen MR) is 135 cm³/mol. The number of esters is 1. The molecule has 3 aromatic carbocycles. The highest BCUT2D eigenvalue weighted by Gasteiger charge is 2.25. The number of aryl methyl sites for hydroxylation is 2. The number of halogens is 1. The minimum Gasteiger partial charge on any atom is -0.447 e. The Balaban J connectivity index is 1.50. The lowest BCUT2D eigenvalue weighted by Crippen LogP contribution is -2.27. The summed E-state index contributed by atoms with van der Waals surface area (Å²) in [5.74, 6) is -0.625. The molecule has 0 fully saturated rings. The Morgan fingerprint density at radius 1 is 1.06 bits per heavy atom. The van der Waals surface area contributed by atoms with Crippen LogP contribution in [0.3, 0.4) is 0 Å². The molecule has 0 bridgehead atoms. The smallest absolute Gasteiger partial charge is 0.307 e. The summed E-state index contributed by atoms with van der Waals surface area (Å²) < 4.78 is 7.03. The molecule has 4 aromatic rings.